The maximum atomic E-state index is 11.0. The van der Waals surface area contributed by atoms with Crippen molar-refractivity contribution < 1.29 is 15.3 Å². The Labute approximate surface area is 223 Å². The molecule has 4 rings (SSSR count). The van der Waals surface area contributed by atoms with Crippen molar-refractivity contribution in [1.82, 2.24) is 15.0 Å². The molecule has 1 aromatic heterocycles. The molecule has 3 aliphatic carbocycles. The monoisotopic (exact) mass is 511 g/mol. The van der Waals surface area contributed by atoms with Crippen molar-refractivity contribution >= 4 is 0 Å². The van der Waals surface area contributed by atoms with Crippen molar-refractivity contribution in [2.45, 2.75) is 116 Å². The number of rotatable bonds is 9. The fourth-order valence-corrected chi connectivity index (χ4v) is 7.80. The van der Waals surface area contributed by atoms with Gasteiger partial charge in [-0.15, -0.1) is 5.10 Å². The third-order valence-electron chi connectivity index (χ3n) is 9.93. The second-order valence-electron chi connectivity index (χ2n) is 13.1. The van der Waals surface area contributed by atoms with Crippen LogP contribution < -0.4 is 0 Å². The molecule has 1 aromatic rings. The van der Waals surface area contributed by atoms with Crippen molar-refractivity contribution in [2.75, 3.05) is 0 Å². The van der Waals surface area contributed by atoms with E-state index in [0.717, 1.165) is 36.3 Å². The molecule has 7 atom stereocenters. The Morgan fingerprint density at radius 3 is 2.76 bits per heavy atom. The molecule has 3 fully saturated rings. The number of hydrogen-bond donors (Lipinski definition) is 3. The lowest BCUT2D eigenvalue weighted by Crippen LogP contribution is -2.39. The third kappa shape index (κ3) is 6.46. The fraction of sp³-hybridized carbons (Fsp3) is 0.742. The number of aliphatic hydroxyl groups is 3. The highest BCUT2D eigenvalue weighted by molar-refractivity contribution is 5.39. The quantitative estimate of drug-likeness (QED) is 0.401. The average molecular weight is 512 g/mol. The molecule has 37 heavy (non-hydrogen) atoms. The topological polar surface area (TPSA) is 91.4 Å². The highest BCUT2D eigenvalue weighted by atomic mass is 16.3. The molecule has 0 aromatic carbocycles. The van der Waals surface area contributed by atoms with Crippen LogP contribution in [0.3, 0.4) is 0 Å². The summed E-state index contributed by atoms with van der Waals surface area (Å²) in [6.07, 6.45) is 17.1. The maximum absolute atomic E-state index is 11.0. The lowest BCUT2D eigenvalue weighted by molar-refractivity contribution is 0.0116. The molecule has 206 valence electrons. The maximum Gasteiger partial charge on any atom is 0.0840 e. The van der Waals surface area contributed by atoms with Crippen LogP contribution in [0.25, 0.3) is 0 Å². The summed E-state index contributed by atoms with van der Waals surface area (Å²) in [6, 6.07) is 0. The van der Waals surface area contributed by atoms with E-state index in [1.54, 1.807) is 17.1 Å². The largest absolute Gasteiger partial charge is 0.392 e. The van der Waals surface area contributed by atoms with Crippen LogP contribution in [0.4, 0.5) is 0 Å². The number of fused-ring (bicyclic) bond motifs is 1. The van der Waals surface area contributed by atoms with E-state index in [0.29, 0.717) is 36.6 Å². The summed E-state index contributed by atoms with van der Waals surface area (Å²) in [5.74, 6) is 1.78. The van der Waals surface area contributed by atoms with Crippen molar-refractivity contribution in [2.24, 2.45) is 29.1 Å². The number of aromatic nitrogens is 3. The van der Waals surface area contributed by atoms with E-state index in [1.807, 2.05) is 13.8 Å². The predicted octanol–water partition coefficient (Wildman–Crippen LogP) is 5.61. The molecule has 0 bridgehead atoms. The smallest absolute Gasteiger partial charge is 0.0840 e. The van der Waals surface area contributed by atoms with Gasteiger partial charge in [-0.1, -0.05) is 56.2 Å². The average Bonchev–Trinajstić information content (AvgIpc) is 3.47. The van der Waals surface area contributed by atoms with Gasteiger partial charge in [-0.05, 0) is 99.5 Å². The van der Waals surface area contributed by atoms with Gasteiger partial charge < -0.3 is 15.3 Å². The first-order chi connectivity index (χ1) is 17.5. The Bertz CT molecular complexity index is 976. The molecule has 3 aliphatic rings. The van der Waals surface area contributed by atoms with Crippen LogP contribution in [0, 0.1) is 29.1 Å². The van der Waals surface area contributed by atoms with Crippen LogP contribution in [0.2, 0.25) is 0 Å². The molecule has 3 saturated carbocycles. The summed E-state index contributed by atoms with van der Waals surface area (Å²) in [5, 5.41) is 39.8. The van der Waals surface area contributed by atoms with E-state index in [1.165, 1.54) is 37.7 Å². The minimum Gasteiger partial charge on any atom is -0.392 e. The lowest BCUT2D eigenvalue weighted by atomic mass is 9.60. The van der Waals surface area contributed by atoms with Gasteiger partial charge >= 0.3 is 0 Å². The molecular formula is C31H49N3O3. The van der Waals surface area contributed by atoms with Gasteiger partial charge in [-0.2, -0.15) is 0 Å². The van der Waals surface area contributed by atoms with Crippen LogP contribution in [-0.2, 0) is 6.54 Å². The zero-order valence-electron chi connectivity index (χ0n) is 23.4. The number of nitrogens with zero attached hydrogens (tertiary/aromatic N) is 3. The predicted molar refractivity (Wildman–Crippen MR) is 148 cm³/mol. The second-order valence-corrected chi connectivity index (χ2v) is 13.1. The lowest BCUT2D eigenvalue weighted by Gasteiger charge is -2.44. The Kier molecular flexibility index (Phi) is 8.82. The van der Waals surface area contributed by atoms with Gasteiger partial charge in [0.1, 0.15) is 0 Å². The van der Waals surface area contributed by atoms with Gasteiger partial charge in [-0.25, -0.2) is 0 Å². The summed E-state index contributed by atoms with van der Waals surface area (Å²) in [6.45, 7) is 13.6. The minimum absolute atomic E-state index is 0.243. The number of hydrogen-bond acceptors (Lipinski definition) is 5. The zero-order chi connectivity index (χ0) is 26.8. The van der Waals surface area contributed by atoms with Gasteiger partial charge in [0.15, 0.2) is 0 Å². The molecule has 0 unspecified atom stereocenters. The molecule has 1 heterocycles. The molecule has 6 nitrogen and oxygen atoms in total. The fourth-order valence-electron chi connectivity index (χ4n) is 7.80. The van der Waals surface area contributed by atoms with Crippen molar-refractivity contribution in [3.63, 3.8) is 0 Å². The zero-order valence-corrected chi connectivity index (χ0v) is 23.4. The molecule has 0 amide bonds. The SMILES string of the molecule is C=C1/C(=C\C=C2/CCC[C@]3(C)[C@@H]([C@H](C)CCCC(C)(C)O)CC[C@@H]23)C[C@@H](O)[C@H](CCn2ccnn2)[C@@H]1O. The summed E-state index contributed by atoms with van der Waals surface area (Å²) in [5.41, 5.74) is 3.03. The van der Waals surface area contributed by atoms with Crippen LogP contribution >= 0.6 is 0 Å². The van der Waals surface area contributed by atoms with E-state index < -0.39 is 17.8 Å². The number of allylic oxidation sites excluding steroid dienone is 3. The van der Waals surface area contributed by atoms with Crippen LogP contribution in [-0.4, -0.2) is 48.1 Å². The van der Waals surface area contributed by atoms with E-state index in [-0.39, 0.29) is 5.92 Å². The van der Waals surface area contributed by atoms with Gasteiger partial charge in [-0.3, -0.25) is 4.68 Å². The van der Waals surface area contributed by atoms with E-state index >= 15 is 0 Å². The normalized spacial score (nSPS) is 35.8. The minimum atomic E-state index is -0.742. The number of aliphatic hydroxyl groups excluding tert-OH is 2. The molecule has 0 aliphatic heterocycles. The van der Waals surface area contributed by atoms with E-state index in [4.69, 9.17) is 0 Å². The summed E-state index contributed by atoms with van der Waals surface area (Å²) >= 11 is 0. The molecule has 0 radical (unpaired) electrons. The molecule has 3 N–H and O–H groups in total. The van der Waals surface area contributed by atoms with Crippen LogP contribution in [0.1, 0.15) is 91.9 Å². The summed E-state index contributed by atoms with van der Waals surface area (Å²) in [7, 11) is 0. The van der Waals surface area contributed by atoms with Crippen molar-refractivity contribution in [1.29, 1.82) is 0 Å². The highest BCUT2D eigenvalue weighted by Gasteiger charge is 2.50. The first kappa shape index (κ1) is 28.3. The Hall–Kier alpha value is -1.76. The molecular weight excluding hydrogens is 462 g/mol. The first-order valence-electron chi connectivity index (χ1n) is 14.5. The number of aryl methyl sites for hydroxylation is 1. The van der Waals surface area contributed by atoms with Gasteiger partial charge in [0, 0.05) is 18.7 Å². The van der Waals surface area contributed by atoms with E-state index in [2.05, 4.69) is 42.9 Å². The third-order valence-corrected chi connectivity index (χ3v) is 9.93. The summed E-state index contributed by atoms with van der Waals surface area (Å²) < 4.78 is 1.74. The highest BCUT2D eigenvalue weighted by Crippen LogP contribution is 2.60. The standard InChI is InChI=1S/C31H49N3O3/c1-21(8-6-15-30(3,4)37)26-12-13-27-23(9-7-16-31(26,27)5)10-11-24-20-28(35)25(29(36)22(24)2)14-18-34-19-17-32-33-34/h10-11,17,19,21,25-29,35-37H,2,6-9,12-16,18,20H2,1,3-5H3/b23-10+,24-11-/t21-,25+,26-,27+,28-,29-,31-/m1/s1. The van der Waals surface area contributed by atoms with Crippen LogP contribution in [0.15, 0.2) is 47.8 Å². The van der Waals surface area contributed by atoms with E-state index in [9.17, 15) is 15.3 Å². The van der Waals surface area contributed by atoms with Crippen molar-refractivity contribution in [3.8, 4) is 0 Å². The van der Waals surface area contributed by atoms with Crippen LogP contribution in [0.5, 0.6) is 0 Å². The molecule has 0 spiro atoms. The Morgan fingerprint density at radius 2 is 2.05 bits per heavy atom. The summed E-state index contributed by atoms with van der Waals surface area (Å²) in [4.78, 5) is 0. The molecule has 0 saturated heterocycles. The Balaban J connectivity index is 1.41. The Morgan fingerprint density at radius 1 is 1.27 bits per heavy atom. The second kappa shape index (κ2) is 11.5. The van der Waals surface area contributed by atoms with Gasteiger partial charge in [0.05, 0.1) is 24.0 Å². The van der Waals surface area contributed by atoms with Crippen molar-refractivity contribution in [3.05, 3.63) is 47.8 Å². The first-order valence-corrected chi connectivity index (χ1v) is 14.5. The molecule has 6 heteroatoms. The van der Waals surface area contributed by atoms with Gasteiger partial charge in [0.25, 0.3) is 0 Å². The van der Waals surface area contributed by atoms with Gasteiger partial charge in [0.2, 0.25) is 0 Å².